The van der Waals surface area contributed by atoms with Gasteiger partial charge in [0.05, 0.1) is 12.3 Å². The molecule has 0 saturated heterocycles. The molecule has 0 atom stereocenters. The van der Waals surface area contributed by atoms with Crippen LogP contribution in [-0.2, 0) is 0 Å². The van der Waals surface area contributed by atoms with E-state index in [1.54, 1.807) is 35.6 Å². The van der Waals surface area contributed by atoms with Gasteiger partial charge >= 0.3 is 0 Å². The minimum Gasteiger partial charge on any atom is -0.455 e. The molecule has 4 nitrogen and oxygen atoms in total. The summed E-state index contributed by atoms with van der Waals surface area (Å²) < 4.78 is 87.1. The van der Waals surface area contributed by atoms with Gasteiger partial charge in [-0.25, -0.2) is 15.0 Å². The fourth-order valence-electron chi connectivity index (χ4n) is 7.02. The third kappa shape index (κ3) is 5.09. The predicted octanol–water partition coefficient (Wildman–Crippen LogP) is 13.6. The number of nitrogens with zero attached hydrogens (tertiary/aromatic N) is 3. The Kier molecular flexibility index (Phi) is 5.22. The first-order valence-electron chi connectivity index (χ1n) is 21.8. The number of fused-ring (bicyclic) bond motifs is 8. The molecule has 0 amide bonds. The van der Waals surface area contributed by atoms with Crippen LogP contribution >= 0.6 is 11.3 Å². The molecule has 0 saturated carbocycles. The maximum atomic E-state index is 9.41. The monoisotopic (exact) mass is 716 g/mol. The van der Waals surface area contributed by atoms with E-state index in [2.05, 4.69) is 42.5 Å². The second-order valence-electron chi connectivity index (χ2n) is 12.9. The Labute approximate surface area is 327 Å². The van der Waals surface area contributed by atoms with Gasteiger partial charge < -0.3 is 4.42 Å². The van der Waals surface area contributed by atoms with Crippen molar-refractivity contribution in [3.63, 3.8) is 0 Å². The van der Waals surface area contributed by atoms with Crippen molar-refractivity contribution in [1.29, 1.82) is 0 Å². The van der Waals surface area contributed by atoms with Gasteiger partial charge in [-0.3, -0.25) is 0 Å². The predicted molar refractivity (Wildman–Crippen MR) is 225 cm³/mol. The van der Waals surface area contributed by atoms with Crippen LogP contribution in [0.25, 0.3) is 109 Å². The average molecular weight is 717 g/mol. The molecule has 3 heterocycles. The van der Waals surface area contributed by atoms with Gasteiger partial charge in [-0.1, -0.05) is 139 Å². The van der Waals surface area contributed by atoms with Crippen LogP contribution in [0.1, 0.15) is 12.3 Å². The summed E-state index contributed by atoms with van der Waals surface area (Å²) in [6.45, 7) is 0. The van der Waals surface area contributed by atoms with Crippen molar-refractivity contribution in [3.05, 3.63) is 176 Å². The average Bonchev–Trinajstić information content (AvgIpc) is 3.91. The highest BCUT2D eigenvalue weighted by Gasteiger charge is 2.18. The maximum absolute atomic E-state index is 9.41. The molecule has 0 aliphatic heterocycles. The summed E-state index contributed by atoms with van der Waals surface area (Å²) in [6.07, 6.45) is 0. The molecule has 54 heavy (non-hydrogen) atoms. The van der Waals surface area contributed by atoms with Gasteiger partial charge in [-0.2, -0.15) is 0 Å². The van der Waals surface area contributed by atoms with Crippen LogP contribution in [0.5, 0.6) is 0 Å². The van der Waals surface area contributed by atoms with Crippen molar-refractivity contribution < 1.29 is 16.8 Å². The molecule has 0 spiro atoms. The molecule has 0 N–H and O–H groups in total. The molecular weight excluding hydrogens is 679 g/mol. The Morgan fingerprint density at radius 1 is 0.463 bits per heavy atom. The van der Waals surface area contributed by atoms with Gasteiger partial charge in [0.2, 0.25) is 0 Å². The summed E-state index contributed by atoms with van der Waals surface area (Å²) in [7, 11) is 0. The molecule has 0 unspecified atom stereocenters. The van der Waals surface area contributed by atoms with E-state index >= 15 is 0 Å². The second kappa shape index (κ2) is 12.3. The molecule has 8 aromatic carbocycles. The minimum atomic E-state index is -0.548. The zero-order valence-electron chi connectivity index (χ0n) is 37.2. The highest BCUT2D eigenvalue weighted by molar-refractivity contribution is 7.26. The quantitative estimate of drug-likeness (QED) is 0.178. The highest BCUT2D eigenvalue weighted by Crippen LogP contribution is 2.43. The summed E-state index contributed by atoms with van der Waals surface area (Å²) in [6, 6.07) is 35.8. The summed E-state index contributed by atoms with van der Waals surface area (Å²) in [5.41, 5.74) is 4.61. The van der Waals surface area contributed by atoms with Crippen molar-refractivity contribution in [2.75, 3.05) is 0 Å². The van der Waals surface area contributed by atoms with E-state index in [1.165, 1.54) is 15.5 Å². The van der Waals surface area contributed by atoms with Gasteiger partial charge in [-0.15, -0.1) is 11.3 Å². The van der Waals surface area contributed by atoms with E-state index in [1.807, 2.05) is 54.6 Å². The zero-order chi connectivity index (χ0) is 43.4. The second-order valence-corrected chi connectivity index (χ2v) is 14.0. The largest absolute Gasteiger partial charge is 0.455 e. The van der Waals surface area contributed by atoms with Crippen LogP contribution in [0.4, 0.5) is 0 Å². The van der Waals surface area contributed by atoms with Crippen LogP contribution in [0.3, 0.4) is 0 Å². The number of rotatable bonds is 5. The lowest BCUT2D eigenvalue weighted by Crippen LogP contribution is -2.00. The number of hydrogen-bond donors (Lipinski definition) is 0. The van der Waals surface area contributed by atoms with E-state index in [4.69, 9.17) is 30.3 Å². The summed E-state index contributed by atoms with van der Waals surface area (Å²) in [5.74, 6) is 1.36. The van der Waals surface area contributed by atoms with Crippen molar-refractivity contribution in [2.45, 2.75) is 0 Å². The summed E-state index contributed by atoms with van der Waals surface area (Å²) in [5, 5.41) is 2.03. The van der Waals surface area contributed by atoms with E-state index < -0.39 is 36.3 Å². The molecular formula is C49H29N3OS. The Bertz CT molecular complexity index is 3730. The molecule has 11 aromatic rings. The molecule has 252 valence electrons. The third-order valence-electron chi connectivity index (χ3n) is 9.61. The number of hydrogen-bond acceptors (Lipinski definition) is 5. The van der Waals surface area contributed by atoms with Gasteiger partial charge in [0.1, 0.15) is 11.2 Å². The molecule has 0 fully saturated rings. The zero-order valence-corrected chi connectivity index (χ0v) is 29.0. The lowest BCUT2D eigenvalue weighted by molar-refractivity contribution is 0.672. The van der Waals surface area contributed by atoms with Crippen LogP contribution in [0, 0.1) is 0 Å². The lowest BCUT2D eigenvalue weighted by atomic mass is 9.97. The SMILES string of the molecule is [2H]c1c(-c2ccc(-c3nc(-c4ccccc4)nc(-c4cc(-c5ccccc5)c5c(c4)sc4ccccc45)n3)cc2)c([2H])c2c(oc3c4c([2H])c([2H])c([2H])c([2H])c4c([2H])c([2H])c32)c1[2H]. The molecule has 0 aliphatic rings. The first-order chi connectivity index (χ1) is 30.5. The fourth-order valence-corrected chi connectivity index (χ4v) is 8.19. The Hall–Kier alpha value is -6.95. The number of thiophene rings is 1. The summed E-state index contributed by atoms with van der Waals surface area (Å²) in [4.78, 5) is 15.0. The van der Waals surface area contributed by atoms with Gasteiger partial charge in [0.15, 0.2) is 17.5 Å². The topological polar surface area (TPSA) is 51.8 Å². The van der Waals surface area contributed by atoms with Crippen LogP contribution in [0.2, 0.25) is 0 Å². The van der Waals surface area contributed by atoms with Gasteiger partial charge in [-0.05, 0) is 64.0 Å². The molecule has 11 rings (SSSR count). The Morgan fingerprint density at radius 3 is 1.93 bits per heavy atom. The van der Waals surface area contributed by atoms with Crippen molar-refractivity contribution in [3.8, 4) is 56.4 Å². The first kappa shape index (κ1) is 22.9. The van der Waals surface area contributed by atoms with Crippen LogP contribution < -0.4 is 0 Å². The van der Waals surface area contributed by atoms with Crippen molar-refractivity contribution in [1.82, 2.24) is 15.0 Å². The highest BCUT2D eigenvalue weighted by atomic mass is 32.1. The van der Waals surface area contributed by atoms with Crippen LogP contribution in [0.15, 0.2) is 180 Å². The van der Waals surface area contributed by atoms with E-state index in [0.717, 1.165) is 27.0 Å². The van der Waals surface area contributed by atoms with Gasteiger partial charge in [0, 0.05) is 53.0 Å². The summed E-state index contributed by atoms with van der Waals surface area (Å²) >= 11 is 1.72. The fraction of sp³-hybridized carbons (Fsp3) is 0. The molecule has 0 bridgehead atoms. The van der Waals surface area contributed by atoms with E-state index in [-0.39, 0.29) is 56.4 Å². The van der Waals surface area contributed by atoms with Crippen molar-refractivity contribution >= 4 is 64.2 Å². The number of benzene rings is 8. The first-order valence-corrected chi connectivity index (χ1v) is 18.1. The minimum absolute atomic E-state index is 0.0120. The Balaban J connectivity index is 1.08. The maximum Gasteiger partial charge on any atom is 0.164 e. The third-order valence-corrected chi connectivity index (χ3v) is 10.7. The Morgan fingerprint density at radius 2 is 1.13 bits per heavy atom. The number of aromatic nitrogens is 3. The molecule has 0 radical (unpaired) electrons. The smallest absolute Gasteiger partial charge is 0.164 e. The molecule has 5 heteroatoms. The van der Waals surface area contributed by atoms with E-state index in [9.17, 15) is 1.37 Å². The standard InChI is InChI=1S/C49H29N3OS/c1-3-11-31(12-4-1)40-28-36(29-44-45(40)39-17-9-10-18-43(39)54-44)49-51-47(33-14-5-2-6-15-33)50-48(52-49)34-21-19-30(20-22-34)35-24-26-42-41(27-35)38-25-23-32-13-7-8-16-37(32)46(38)53-42/h1-29H/i7D,8D,13D,16D,23D,24D,25D,26D,27D. The number of furan rings is 1. The normalized spacial score (nSPS) is 14.0. The molecule has 0 aliphatic carbocycles. The van der Waals surface area contributed by atoms with E-state index in [0.29, 0.717) is 28.6 Å². The van der Waals surface area contributed by atoms with Crippen LogP contribution in [-0.4, -0.2) is 15.0 Å². The molecule has 3 aromatic heterocycles. The van der Waals surface area contributed by atoms with Gasteiger partial charge in [0.25, 0.3) is 0 Å². The lowest BCUT2D eigenvalue weighted by Gasteiger charge is -2.11. The van der Waals surface area contributed by atoms with Crippen molar-refractivity contribution in [2.24, 2.45) is 0 Å².